The minimum atomic E-state index is 0.00964. The van der Waals surface area contributed by atoms with Crippen LogP contribution in [0.3, 0.4) is 0 Å². The van der Waals surface area contributed by atoms with Crippen molar-refractivity contribution in [1.29, 1.82) is 0 Å². The van der Waals surface area contributed by atoms with Crippen molar-refractivity contribution in [2.24, 2.45) is 0 Å². The molecular formula is C19H24N4O. The first kappa shape index (κ1) is 15.4. The number of nitrogens with one attached hydrogen (secondary N) is 2. The van der Waals surface area contributed by atoms with Gasteiger partial charge in [-0.25, -0.2) is 0 Å². The molecule has 1 aliphatic heterocycles. The van der Waals surface area contributed by atoms with Gasteiger partial charge in [0.15, 0.2) is 0 Å². The third kappa shape index (κ3) is 2.84. The van der Waals surface area contributed by atoms with Crippen LogP contribution < -0.4 is 5.32 Å². The molecule has 2 heterocycles. The normalized spacial score (nSPS) is 20.7. The summed E-state index contributed by atoms with van der Waals surface area (Å²) in [6.45, 7) is 3.53. The standard InChI is InChI=1S/C19H24N4O/c1-12-17(18(22-21-12)13-7-8-13)19(24)20-10-16-9-14-5-3-4-6-15(14)11-23(16)2/h3-6,13,16H,7-11H2,1-2H3,(H,20,24)(H,21,22)/t16-/m0/s1. The van der Waals surface area contributed by atoms with Crippen LogP contribution in [0.25, 0.3) is 0 Å². The van der Waals surface area contributed by atoms with Crippen LogP contribution in [0.4, 0.5) is 0 Å². The first-order valence-corrected chi connectivity index (χ1v) is 8.73. The molecule has 0 spiro atoms. The summed E-state index contributed by atoms with van der Waals surface area (Å²) in [6.07, 6.45) is 3.27. The Morgan fingerprint density at radius 3 is 2.83 bits per heavy atom. The summed E-state index contributed by atoms with van der Waals surface area (Å²) in [7, 11) is 2.13. The lowest BCUT2D eigenvalue weighted by molar-refractivity contribution is 0.0933. The Bertz CT molecular complexity index is 762. The molecule has 1 aromatic carbocycles. The van der Waals surface area contributed by atoms with Gasteiger partial charge in [-0.15, -0.1) is 0 Å². The van der Waals surface area contributed by atoms with E-state index in [1.54, 1.807) is 0 Å². The van der Waals surface area contributed by atoms with Gasteiger partial charge in [0.05, 0.1) is 11.3 Å². The number of rotatable bonds is 4. The number of fused-ring (bicyclic) bond motifs is 1. The Hall–Kier alpha value is -2.14. The number of H-pyrrole nitrogens is 1. The van der Waals surface area contributed by atoms with E-state index in [9.17, 15) is 4.79 Å². The SMILES string of the molecule is Cc1[nH]nc(C2CC2)c1C(=O)NC[C@@H]1Cc2ccccc2CN1C. The van der Waals surface area contributed by atoms with Crippen molar-refractivity contribution in [2.45, 2.75) is 44.7 Å². The second-order valence-corrected chi connectivity index (χ2v) is 7.13. The summed E-state index contributed by atoms with van der Waals surface area (Å²) in [5, 5.41) is 10.5. The van der Waals surface area contributed by atoms with Crippen molar-refractivity contribution in [3.05, 3.63) is 52.3 Å². The summed E-state index contributed by atoms with van der Waals surface area (Å²) in [4.78, 5) is 15.0. The molecule has 24 heavy (non-hydrogen) atoms. The molecule has 5 nitrogen and oxygen atoms in total. The Kier molecular flexibility index (Phi) is 3.88. The number of likely N-dealkylation sites (N-methyl/N-ethyl adjacent to an activating group) is 1. The molecule has 5 heteroatoms. The number of aromatic amines is 1. The number of aryl methyl sites for hydroxylation is 1. The van der Waals surface area contributed by atoms with Crippen LogP contribution in [-0.4, -0.2) is 40.6 Å². The number of aromatic nitrogens is 2. The molecule has 0 unspecified atom stereocenters. The van der Waals surface area contributed by atoms with Crippen LogP contribution >= 0.6 is 0 Å². The predicted octanol–water partition coefficient (Wildman–Crippen LogP) is 2.38. The molecular weight excluding hydrogens is 300 g/mol. The fourth-order valence-corrected chi connectivity index (χ4v) is 3.63. The van der Waals surface area contributed by atoms with Gasteiger partial charge in [-0.1, -0.05) is 24.3 Å². The molecule has 1 aliphatic carbocycles. The maximum Gasteiger partial charge on any atom is 0.255 e. The maximum atomic E-state index is 12.7. The highest BCUT2D eigenvalue weighted by atomic mass is 16.1. The number of hydrogen-bond acceptors (Lipinski definition) is 3. The Balaban J connectivity index is 1.44. The lowest BCUT2D eigenvalue weighted by Gasteiger charge is -2.34. The third-order valence-corrected chi connectivity index (χ3v) is 5.28. The maximum absolute atomic E-state index is 12.7. The van der Waals surface area contributed by atoms with Crippen LogP contribution in [0.5, 0.6) is 0 Å². The average Bonchev–Trinajstić information content (AvgIpc) is 3.35. The molecule has 0 bridgehead atoms. The van der Waals surface area contributed by atoms with Gasteiger partial charge >= 0.3 is 0 Å². The molecule has 2 aromatic rings. The monoisotopic (exact) mass is 324 g/mol. The van der Waals surface area contributed by atoms with Gasteiger partial charge in [0.25, 0.3) is 5.91 Å². The summed E-state index contributed by atoms with van der Waals surface area (Å²) in [5.41, 5.74) is 5.37. The van der Waals surface area contributed by atoms with Crippen LogP contribution in [0.1, 0.15) is 51.6 Å². The van der Waals surface area contributed by atoms with Crippen molar-refractivity contribution in [2.75, 3.05) is 13.6 Å². The van der Waals surface area contributed by atoms with E-state index in [4.69, 9.17) is 0 Å². The van der Waals surface area contributed by atoms with E-state index in [0.29, 0.717) is 18.5 Å². The van der Waals surface area contributed by atoms with E-state index in [0.717, 1.165) is 42.8 Å². The van der Waals surface area contributed by atoms with Crippen molar-refractivity contribution < 1.29 is 4.79 Å². The summed E-state index contributed by atoms with van der Waals surface area (Å²) in [5.74, 6) is 0.482. The molecule has 1 amide bonds. The van der Waals surface area contributed by atoms with Crippen LogP contribution in [0.15, 0.2) is 24.3 Å². The lowest BCUT2D eigenvalue weighted by Crippen LogP contribution is -2.45. The number of amides is 1. The highest BCUT2D eigenvalue weighted by molar-refractivity contribution is 5.96. The first-order valence-electron chi connectivity index (χ1n) is 8.73. The van der Waals surface area contributed by atoms with Crippen molar-refractivity contribution in [3.63, 3.8) is 0 Å². The average molecular weight is 324 g/mol. The van der Waals surface area contributed by atoms with Crippen LogP contribution in [0, 0.1) is 6.92 Å². The molecule has 126 valence electrons. The smallest absolute Gasteiger partial charge is 0.255 e. The zero-order valence-electron chi connectivity index (χ0n) is 14.3. The van der Waals surface area contributed by atoms with E-state index in [2.05, 4.69) is 51.7 Å². The largest absolute Gasteiger partial charge is 0.350 e. The van der Waals surface area contributed by atoms with E-state index in [1.807, 2.05) is 6.92 Å². The quantitative estimate of drug-likeness (QED) is 0.908. The number of hydrogen-bond donors (Lipinski definition) is 2. The van der Waals surface area contributed by atoms with Crippen LogP contribution in [-0.2, 0) is 13.0 Å². The molecule has 2 N–H and O–H groups in total. The zero-order chi connectivity index (χ0) is 16.7. The van der Waals surface area contributed by atoms with Gasteiger partial charge in [-0.2, -0.15) is 5.10 Å². The van der Waals surface area contributed by atoms with Gasteiger partial charge < -0.3 is 5.32 Å². The van der Waals surface area contributed by atoms with Gasteiger partial charge in [-0.05, 0) is 44.4 Å². The summed E-state index contributed by atoms with van der Waals surface area (Å²) >= 11 is 0. The zero-order valence-corrected chi connectivity index (χ0v) is 14.3. The van der Waals surface area contributed by atoms with Crippen LogP contribution in [0.2, 0.25) is 0 Å². The van der Waals surface area contributed by atoms with Gasteiger partial charge in [0, 0.05) is 30.7 Å². The van der Waals surface area contributed by atoms with Gasteiger partial charge in [0.2, 0.25) is 0 Å². The van der Waals surface area contributed by atoms with Crippen molar-refractivity contribution >= 4 is 5.91 Å². The lowest BCUT2D eigenvalue weighted by atomic mass is 9.94. The fraction of sp³-hybridized carbons (Fsp3) is 0.474. The van der Waals surface area contributed by atoms with E-state index in [1.165, 1.54) is 11.1 Å². The third-order valence-electron chi connectivity index (χ3n) is 5.28. The summed E-state index contributed by atoms with van der Waals surface area (Å²) < 4.78 is 0. The number of nitrogens with zero attached hydrogens (tertiary/aromatic N) is 2. The molecule has 1 aromatic heterocycles. The minimum absolute atomic E-state index is 0.00964. The van der Waals surface area contributed by atoms with E-state index < -0.39 is 0 Å². The Morgan fingerprint density at radius 2 is 2.08 bits per heavy atom. The molecule has 0 radical (unpaired) electrons. The second-order valence-electron chi connectivity index (χ2n) is 7.13. The van der Waals surface area contributed by atoms with E-state index in [-0.39, 0.29) is 5.91 Å². The highest BCUT2D eigenvalue weighted by Crippen LogP contribution is 2.41. The topological polar surface area (TPSA) is 61.0 Å². The molecule has 0 saturated heterocycles. The highest BCUT2D eigenvalue weighted by Gasteiger charge is 2.32. The van der Waals surface area contributed by atoms with E-state index >= 15 is 0 Å². The number of carbonyl (C=O) groups excluding carboxylic acids is 1. The second kappa shape index (κ2) is 6.06. The molecule has 2 aliphatic rings. The molecule has 4 rings (SSSR count). The molecule has 1 fully saturated rings. The Morgan fingerprint density at radius 1 is 1.33 bits per heavy atom. The Labute approximate surface area is 142 Å². The molecule has 1 atom stereocenters. The predicted molar refractivity (Wildman–Crippen MR) is 93.0 cm³/mol. The number of carbonyl (C=O) groups is 1. The van der Waals surface area contributed by atoms with Crippen molar-refractivity contribution in [3.8, 4) is 0 Å². The van der Waals surface area contributed by atoms with Gasteiger partial charge in [0.1, 0.15) is 0 Å². The first-order chi connectivity index (χ1) is 11.6. The molecule has 1 saturated carbocycles. The van der Waals surface area contributed by atoms with Crippen molar-refractivity contribution in [1.82, 2.24) is 20.4 Å². The fourth-order valence-electron chi connectivity index (χ4n) is 3.63. The number of benzene rings is 1. The summed E-state index contributed by atoms with van der Waals surface area (Å²) in [6, 6.07) is 8.91. The minimum Gasteiger partial charge on any atom is -0.350 e. The van der Waals surface area contributed by atoms with Gasteiger partial charge in [-0.3, -0.25) is 14.8 Å².